The fourth-order valence-corrected chi connectivity index (χ4v) is 3.83. The summed E-state index contributed by atoms with van der Waals surface area (Å²) in [4.78, 5) is 29.4. The third-order valence-electron chi connectivity index (χ3n) is 5.17. The molecule has 25 heavy (non-hydrogen) atoms. The van der Waals surface area contributed by atoms with Crippen LogP contribution in [-0.4, -0.2) is 28.6 Å². The Hall–Kier alpha value is -2.50. The van der Waals surface area contributed by atoms with Gasteiger partial charge in [-0.05, 0) is 25.0 Å². The Balaban J connectivity index is 1.67. The summed E-state index contributed by atoms with van der Waals surface area (Å²) in [5.41, 5.74) is 1.16. The molecule has 2 heterocycles. The summed E-state index contributed by atoms with van der Waals surface area (Å²) in [5, 5.41) is 0.881. The molecule has 1 N–H and O–H groups in total. The van der Waals surface area contributed by atoms with Gasteiger partial charge < -0.3 is 19.4 Å². The molecule has 0 bridgehead atoms. The molecule has 0 unspecified atom stereocenters. The van der Waals surface area contributed by atoms with Crippen molar-refractivity contribution in [2.24, 2.45) is 0 Å². The molecule has 1 aromatic carbocycles. The summed E-state index contributed by atoms with van der Waals surface area (Å²) in [5.74, 6) is 1.35. The van der Waals surface area contributed by atoms with Crippen LogP contribution < -0.4 is 15.0 Å². The first kappa shape index (κ1) is 16.0. The van der Waals surface area contributed by atoms with Gasteiger partial charge in [-0.1, -0.05) is 19.3 Å². The molecule has 0 spiro atoms. The van der Waals surface area contributed by atoms with Crippen LogP contribution in [0.5, 0.6) is 11.5 Å². The van der Waals surface area contributed by atoms with Gasteiger partial charge >= 0.3 is 0 Å². The van der Waals surface area contributed by atoms with Crippen molar-refractivity contribution in [2.45, 2.75) is 51.6 Å². The topological polar surface area (TPSA) is 71.6 Å². The molecule has 6 nitrogen and oxygen atoms in total. The summed E-state index contributed by atoms with van der Waals surface area (Å²) < 4.78 is 10.8. The minimum atomic E-state index is -0.159. The van der Waals surface area contributed by atoms with Crippen molar-refractivity contribution in [1.29, 1.82) is 0 Å². The Morgan fingerprint density at radius 1 is 1.16 bits per heavy atom. The van der Waals surface area contributed by atoms with Gasteiger partial charge in [0.1, 0.15) is 0 Å². The SMILES string of the molecule is CC(=O)N(Cc1cc2cc3c(cc2[nH]c1=O)OCO3)C1CCCCC1. The molecule has 2 aromatic rings. The number of hydrogen-bond donors (Lipinski definition) is 1. The first-order valence-electron chi connectivity index (χ1n) is 8.84. The standard InChI is InChI=1S/C19H22N2O4/c1-12(22)21(15-5-3-2-4-6-15)10-14-7-13-8-17-18(25-11-24-17)9-16(13)20-19(14)23/h7-9,15H,2-6,10-11H2,1H3,(H,20,23). The van der Waals surface area contributed by atoms with Gasteiger partial charge in [-0.15, -0.1) is 0 Å². The summed E-state index contributed by atoms with van der Waals surface area (Å²) in [6, 6.07) is 5.75. The zero-order valence-corrected chi connectivity index (χ0v) is 14.3. The first-order chi connectivity index (χ1) is 12.1. The smallest absolute Gasteiger partial charge is 0.253 e. The number of H-pyrrole nitrogens is 1. The number of pyridine rings is 1. The molecule has 1 aliphatic heterocycles. The predicted molar refractivity (Wildman–Crippen MR) is 93.8 cm³/mol. The average molecular weight is 342 g/mol. The van der Waals surface area contributed by atoms with Gasteiger partial charge in [0.25, 0.3) is 5.56 Å². The van der Waals surface area contributed by atoms with Crippen LogP contribution in [0.2, 0.25) is 0 Å². The van der Waals surface area contributed by atoms with Gasteiger partial charge in [0.2, 0.25) is 12.7 Å². The molecule has 0 saturated heterocycles. The second-order valence-corrected chi connectivity index (χ2v) is 6.86. The Morgan fingerprint density at radius 3 is 2.60 bits per heavy atom. The van der Waals surface area contributed by atoms with E-state index in [0.29, 0.717) is 29.1 Å². The third kappa shape index (κ3) is 3.08. The van der Waals surface area contributed by atoms with Gasteiger partial charge in [-0.25, -0.2) is 0 Å². The van der Waals surface area contributed by atoms with E-state index < -0.39 is 0 Å². The van der Waals surface area contributed by atoms with Crippen LogP contribution in [0.1, 0.15) is 44.6 Å². The van der Waals surface area contributed by atoms with Gasteiger partial charge in [0.15, 0.2) is 11.5 Å². The maximum atomic E-state index is 12.5. The maximum absolute atomic E-state index is 12.5. The van der Waals surface area contributed by atoms with Crippen LogP contribution in [0.3, 0.4) is 0 Å². The summed E-state index contributed by atoms with van der Waals surface area (Å²) in [6.07, 6.45) is 5.55. The minimum absolute atomic E-state index is 0.0251. The molecule has 2 aliphatic rings. The van der Waals surface area contributed by atoms with Gasteiger partial charge in [0, 0.05) is 30.0 Å². The monoisotopic (exact) mass is 342 g/mol. The fraction of sp³-hybridized carbons (Fsp3) is 0.474. The third-order valence-corrected chi connectivity index (χ3v) is 5.17. The molecule has 0 atom stereocenters. The van der Waals surface area contributed by atoms with Crippen molar-refractivity contribution in [2.75, 3.05) is 6.79 Å². The highest BCUT2D eigenvalue weighted by Gasteiger charge is 2.24. The van der Waals surface area contributed by atoms with Gasteiger partial charge in [-0.3, -0.25) is 9.59 Å². The van der Waals surface area contributed by atoms with E-state index >= 15 is 0 Å². The number of ether oxygens (including phenoxy) is 2. The molecular formula is C19H22N2O4. The molecule has 1 fully saturated rings. The van der Waals surface area contributed by atoms with Crippen LogP contribution in [0, 0.1) is 0 Å². The first-order valence-corrected chi connectivity index (χ1v) is 8.84. The molecule has 132 valence electrons. The molecule has 4 rings (SSSR count). The lowest BCUT2D eigenvalue weighted by molar-refractivity contribution is -0.132. The van der Waals surface area contributed by atoms with E-state index in [-0.39, 0.29) is 24.3 Å². The van der Waals surface area contributed by atoms with E-state index in [0.717, 1.165) is 31.1 Å². The van der Waals surface area contributed by atoms with Crippen LogP contribution in [0.4, 0.5) is 0 Å². The predicted octanol–water partition coefficient (Wildman–Crippen LogP) is 2.94. The number of nitrogens with one attached hydrogen (secondary N) is 1. The Labute approximate surface area is 145 Å². The minimum Gasteiger partial charge on any atom is -0.454 e. The van der Waals surface area contributed by atoms with E-state index in [9.17, 15) is 9.59 Å². The van der Waals surface area contributed by atoms with Gasteiger partial charge in [-0.2, -0.15) is 0 Å². The number of aromatic nitrogens is 1. The molecule has 1 amide bonds. The van der Waals surface area contributed by atoms with Crippen LogP contribution in [0.25, 0.3) is 10.9 Å². The van der Waals surface area contributed by atoms with Crippen LogP contribution in [0.15, 0.2) is 23.0 Å². The Bertz CT molecular complexity index is 868. The zero-order valence-electron chi connectivity index (χ0n) is 14.3. The number of carbonyl (C=O) groups excluding carboxylic acids is 1. The van der Waals surface area contributed by atoms with Crippen molar-refractivity contribution in [3.63, 3.8) is 0 Å². The van der Waals surface area contributed by atoms with Crippen molar-refractivity contribution in [1.82, 2.24) is 9.88 Å². The molecule has 0 radical (unpaired) electrons. The number of carbonyl (C=O) groups is 1. The molecule has 1 aliphatic carbocycles. The van der Waals surface area contributed by atoms with E-state index in [1.807, 2.05) is 17.0 Å². The van der Waals surface area contributed by atoms with Crippen molar-refractivity contribution in [3.8, 4) is 11.5 Å². The quantitative estimate of drug-likeness (QED) is 0.931. The molecule has 6 heteroatoms. The number of rotatable bonds is 3. The van der Waals surface area contributed by atoms with E-state index in [2.05, 4.69) is 4.98 Å². The number of aromatic amines is 1. The number of benzene rings is 1. The van der Waals surface area contributed by atoms with Crippen LogP contribution in [-0.2, 0) is 11.3 Å². The molecule has 1 aromatic heterocycles. The maximum Gasteiger partial charge on any atom is 0.253 e. The lowest BCUT2D eigenvalue weighted by atomic mass is 9.94. The summed E-state index contributed by atoms with van der Waals surface area (Å²) in [7, 11) is 0. The highest BCUT2D eigenvalue weighted by Crippen LogP contribution is 2.35. The largest absolute Gasteiger partial charge is 0.454 e. The molecule has 1 saturated carbocycles. The highest BCUT2D eigenvalue weighted by molar-refractivity contribution is 5.83. The average Bonchev–Trinajstić information content (AvgIpc) is 3.05. The van der Waals surface area contributed by atoms with Crippen molar-refractivity contribution < 1.29 is 14.3 Å². The second-order valence-electron chi connectivity index (χ2n) is 6.86. The van der Waals surface area contributed by atoms with E-state index in [4.69, 9.17) is 9.47 Å². The lowest BCUT2D eigenvalue weighted by Crippen LogP contribution is -2.40. The summed E-state index contributed by atoms with van der Waals surface area (Å²) >= 11 is 0. The number of nitrogens with zero attached hydrogens (tertiary/aromatic N) is 1. The van der Waals surface area contributed by atoms with Crippen LogP contribution >= 0.6 is 0 Å². The van der Waals surface area contributed by atoms with Gasteiger partial charge in [0.05, 0.1) is 12.1 Å². The summed E-state index contributed by atoms with van der Waals surface area (Å²) in [6.45, 7) is 2.13. The van der Waals surface area contributed by atoms with Crippen molar-refractivity contribution >= 4 is 16.8 Å². The molecular weight excluding hydrogens is 320 g/mol. The lowest BCUT2D eigenvalue weighted by Gasteiger charge is -2.33. The Kier molecular flexibility index (Phi) is 4.11. The number of hydrogen-bond acceptors (Lipinski definition) is 4. The fourth-order valence-electron chi connectivity index (χ4n) is 3.83. The number of fused-ring (bicyclic) bond motifs is 2. The highest BCUT2D eigenvalue weighted by atomic mass is 16.7. The van der Waals surface area contributed by atoms with E-state index in [1.165, 1.54) is 6.42 Å². The number of amides is 1. The zero-order chi connectivity index (χ0) is 17.4. The van der Waals surface area contributed by atoms with Crippen molar-refractivity contribution in [3.05, 3.63) is 34.1 Å². The second kappa shape index (κ2) is 6.43. The normalized spacial score (nSPS) is 17.0. The van der Waals surface area contributed by atoms with E-state index in [1.54, 1.807) is 13.0 Å². The Morgan fingerprint density at radius 2 is 1.88 bits per heavy atom.